The number of hydrogen-bond donors (Lipinski definition) is 0. The van der Waals surface area contributed by atoms with E-state index in [9.17, 15) is 0 Å². The molecule has 2 nitrogen and oxygen atoms in total. The molecule has 0 heterocycles. The lowest BCUT2D eigenvalue weighted by molar-refractivity contribution is 0.802. The summed E-state index contributed by atoms with van der Waals surface area (Å²) in [6, 6.07) is 7.43. The molecule has 0 saturated carbocycles. The number of halogens is 1. The summed E-state index contributed by atoms with van der Waals surface area (Å²) in [7, 11) is 2.00. The third-order valence-corrected chi connectivity index (χ3v) is 2.69. The molecule has 0 fully saturated rings. The van der Waals surface area contributed by atoms with Crippen LogP contribution in [0.3, 0.4) is 0 Å². The van der Waals surface area contributed by atoms with E-state index in [2.05, 4.69) is 17.5 Å². The monoisotopic (exact) mass is 234 g/mol. The fourth-order valence-electron chi connectivity index (χ4n) is 1.48. The van der Waals surface area contributed by atoms with Crippen LogP contribution in [-0.4, -0.2) is 13.6 Å². The fourth-order valence-corrected chi connectivity index (χ4v) is 1.80. The van der Waals surface area contributed by atoms with E-state index in [1.165, 1.54) is 0 Å². The van der Waals surface area contributed by atoms with Crippen molar-refractivity contribution in [1.82, 2.24) is 0 Å². The van der Waals surface area contributed by atoms with Crippen molar-refractivity contribution in [3.05, 3.63) is 41.4 Å². The van der Waals surface area contributed by atoms with Gasteiger partial charge in [0, 0.05) is 13.6 Å². The zero-order valence-electron chi connectivity index (χ0n) is 9.41. The van der Waals surface area contributed by atoms with Crippen LogP contribution in [0.15, 0.2) is 30.9 Å². The van der Waals surface area contributed by atoms with E-state index in [0.29, 0.717) is 10.6 Å². The first-order valence-electron chi connectivity index (χ1n) is 5.20. The van der Waals surface area contributed by atoms with Crippen LogP contribution in [0, 0.1) is 11.3 Å². The zero-order chi connectivity index (χ0) is 12.0. The lowest BCUT2D eigenvalue weighted by Gasteiger charge is -2.20. The fraction of sp³-hybridized carbons (Fsp3) is 0.308. The van der Waals surface area contributed by atoms with Gasteiger partial charge in [-0.2, -0.15) is 5.26 Å². The summed E-state index contributed by atoms with van der Waals surface area (Å²) < 4.78 is 0. The summed E-state index contributed by atoms with van der Waals surface area (Å²) in [4.78, 5) is 2.09. The van der Waals surface area contributed by atoms with Gasteiger partial charge in [0.2, 0.25) is 0 Å². The Kier molecular flexibility index (Phi) is 4.88. The number of rotatable bonds is 5. The van der Waals surface area contributed by atoms with Gasteiger partial charge in [-0.05, 0) is 31.0 Å². The summed E-state index contributed by atoms with van der Waals surface area (Å²) in [5, 5.41) is 9.36. The van der Waals surface area contributed by atoms with Crippen molar-refractivity contribution in [3.8, 4) is 6.07 Å². The second kappa shape index (κ2) is 6.19. The predicted molar refractivity (Wildman–Crippen MR) is 68.9 cm³/mol. The molecule has 0 atom stereocenters. The van der Waals surface area contributed by atoms with Crippen molar-refractivity contribution < 1.29 is 0 Å². The van der Waals surface area contributed by atoms with Gasteiger partial charge in [0.25, 0.3) is 0 Å². The molecule has 3 heteroatoms. The third-order valence-electron chi connectivity index (χ3n) is 2.39. The van der Waals surface area contributed by atoms with Gasteiger partial charge in [0.15, 0.2) is 0 Å². The molecule has 0 saturated heterocycles. The number of nitrogens with zero attached hydrogens (tertiary/aromatic N) is 2. The topological polar surface area (TPSA) is 27.0 Å². The maximum atomic E-state index is 8.73. The van der Waals surface area contributed by atoms with E-state index in [1.54, 1.807) is 12.1 Å². The van der Waals surface area contributed by atoms with E-state index >= 15 is 0 Å². The van der Waals surface area contributed by atoms with Crippen LogP contribution in [0.5, 0.6) is 0 Å². The second-order valence-corrected chi connectivity index (χ2v) is 4.04. The van der Waals surface area contributed by atoms with E-state index in [0.717, 1.165) is 25.1 Å². The molecule has 0 aliphatic rings. The molecular weight excluding hydrogens is 220 g/mol. The third kappa shape index (κ3) is 3.29. The molecule has 0 aliphatic heterocycles. The van der Waals surface area contributed by atoms with Crippen LogP contribution in [0.1, 0.15) is 18.4 Å². The molecule has 84 valence electrons. The molecule has 0 aliphatic carbocycles. The van der Waals surface area contributed by atoms with Gasteiger partial charge >= 0.3 is 0 Å². The zero-order valence-corrected chi connectivity index (χ0v) is 10.2. The highest BCUT2D eigenvalue weighted by Crippen LogP contribution is 2.26. The first-order chi connectivity index (χ1) is 7.69. The van der Waals surface area contributed by atoms with Crippen molar-refractivity contribution in [2.75, 3.05) is 18.5 Å². The Hall–Kier alpha value is -1.46. The van der Waals surface area contributed by atoms with Crippen molar-refractivity contribution in [3.63, 3.8) is 0 Å². The summed E-state index contributed by atoms with van der Waals surface area (Å²) >= 11 is 6.10. The normalized spacial score (nSPS) is 9.56. The van der Waals surface area contributed by atoms with E-state index < -0.39 is 0 Å². The van der Waals surface area contributed by atoms with Gasteiger partial charge in [0.1, 0.15) is 0 Å². The van der Waals surface area contributed by atoms with Crippen molar-refractivity contribution >= 4 is 17.3 Å². The Morgan fingerprint density at radius 3 is 2.88 bits per heavy atom. The van der Waals surface area contributed by atoms with Gasteiger partial charge in [-0.3, -0.25) is 0 Å². The molecule has 1 aromatic carbocycles. The van der Waals surface area contributed by atoms with Crippen LogP contribution in [0.25, 0.3) is 0 Å². The standard InChI is InChI=1S/C13H15ClN2/c1-3-4-5-8-16(2)13-7-6-11(10-15)9-12(13)14/h3,6-7,9H,1,4-5,8H2,2H3. The molecule has 1 rings (SSSR count). The summed E-state index contributed by atoms with van der Waals surface area (Å²) in [6.07, 6.45) is 3.96. The lowest BCUT2D eigenvalue weighted by atomic mass is 10.2. The lowest BCUT2D eigenvalue weighted by Crippen LogP contribution is -2.18. The Balaban J connectivity index is 2.72. The van der Waals surface area contributed by atoms with Gasteiger partial charge in [-0.1, -0.05) is 17.7 Å². The van der Waals surface area contributed by atoms with Crippen molar-refractivity contribution in [1.29, 1.82) is 5.26 Å². The first kappa shape index (κ1) is 12.6. The minimum absolute atomic E-state index is 0.591. The average molecular weight is 235 g/mol. The smallest absolute Gasteiger partial charge is 0.0992 e. The second-order valence-electron chi connectivity index (χ2n) is 3.63. The largest absolute Gasteiger partial charge is 0.373 e. The van der Waals surface area contributed by atoms with E-state index in [4.69, 9.17) is 16.9 Å². The summed E-state index contributed by atoms with van der Waals surface area (Å²) in [5.41, 5.74) is 1.55. The van der Waals surface area contributed by atoms with Crippen LogP contribution >= 0.6 is 11.6 Å². The Bertz CT molecular complexity index is 407. The molecule has 0 unspecified atom stereocenters. The maximum Gasteiger partial charge on any atom is 0.0992 e. The highest BCUT2D eigenvalue weighted by Gasteiger charge is 2.06. The van der Waals surface area contributed by atoms with Crippen LogP contribution < -0.4 is 4.90 Å². The average Bonchev–Trinajstić information content (AvgIpc) is 2.29. The molecule has 0 radical (unpaired) electrons. The number of anilines is 1. The molecule has 0 amide bonds. The molecular formula is C13H15ClN2. The Morgan fingerprint density at radius 1 is 1.56 bits per heavy atom. The molecule has 0 spiro atoms. The number of nitriles is 1. The molecule has 16 heavy (non-hydrogen) atoms. The highest BCUT2D eigenvalue weighted by atomic mass is 35.5. The predicted octanol–water partition coefficient (Wildman–Crippen LogP) is 3.61. The first-order valence-corrected chi connectivity index (χ1v) is 5.58. The number of benzene rings is 1. The van der Waals surface area contributed by atoms with Gasteiger partial charge in [0.05, 0.1) is 22.3 Å². The SMILES string of the molecule is C=CCCCN(C)c1ccc(C#N)cc1Cl. The van der Waals surface area contributed by atoms with Crippen LogP contribution in [-0.2, 0) is 0 Å². The van der Waals surface area contributed by atoms with E-state index in [1.807, 2.05) is 19.2 Å². The van der Waals surface area contributed by atoms with Crippen molar-refractivity contribution in [2.45, 2.75) is 12.8 Å². The number of unbranched alkanes of at least 4 members (excludes halogenated alkanes) is 1. The minimum atomic E-state index is 0.591. The number of allylic oxidation sites excluding steroid dienone is 1. The molecule has 0 aromatic heterocycles. The molecule has 0 N–H and O–H groups in total. The van der Waals surface area contributed by atoms with Gasteiger partial charge in [-0.25, -0.2) is 0 Å². The number of hydrogen-bond acceptors (Lipinski definition) is 2. The quantitative estimate of drug-likeness (QED) is 0.575. The molecule has 0 bridgehead atoms. The summed E-state index contributed by atoms with van der Waals surface area (Å²) in [6.45, 7) is 4.62. The van der Waals surface area contributed by atoms with Crippen LogP contribution in [0.4, 0.5) is 5.69 Å². The molecule has 1 aromatic rings. The Labute approximate surface area is 102 Å². The van der Waals surface area contributed by atoms with Crippen molar-refractivity contribution in [2.24, 2.45) is 0 Å². The van der Waals surface area contributed by atoms with Gasteiger partial charge in [-0.15, -0.1) is 6.58 Å². The van der Waals surface area contributed by atoms with Gasteiger partial charge < -0.3 is 4.90 Å². The Morgan fingerprint density at radius 2 is 2.31 bits per heavy atom. The van der Waals surface area contributed by atoms with Crippen LogP contribution in [0.2, 0.25) is 5.02 Å². The maximum absolute atomic E-state index is 8.73. The summed E-state index contributed by atoms with van der Waals surface area (Å²) in [5.74, 6) is 0. The highest BCUT2D eigenvalue weighted by molar-refractivity contribution is 6.33. The minimum Gasteiger partial charge on any atom is -0.373 e. The van der Waals surface area contributed by atoms with E-state index in [-0.39, 0.29) is 0 Å².